The summed E-state index contributed by atoms with van der Waals surface area (Å²) in [6.07, 6.45) is 2.19. The maximum absolute atomic E-state index is 11.4. The molecule has 132 valence electrons. The normalized spacial score (nSPS) is 18.6. The molecule has 1 aliphatic rings. The lowest BCUT2D eigenvalue weighted by Crippen LogP contribution is -2.25. The molecule has 2 aromatic rings. The van der Waals surface area contributed by atoms with Gasteiger partial charge in [-0.1, -0.05) is 5.16 Å². The highest BCUT2D eigenvalue weighted by atomic mass is 16.7. The van der Waals surface area contributed by atoms with Crippen LogP contribution in [0, 0.1) is 10.1 Å². The van der Waals surface area contributed by atoms with Crippen molar-refractivity contribution >= 4 is 11.7 Å². The standard InChI is InChI=1S/C16H16N2O7/c19-16(20)12-9-24-17-14(12)15(25-13-3-1-2-8-23-13)10-4-6-11(7-5-10)18(21)22/h4-7,9,13,15H,1-3,8H2,(H,19,20)/t13-,15+/m0/s1. The monoisotopic (exact) mass is 348 g/mol. The fourth-order valence-corrected chi connectivity index (χ4v) is 2.64. The number of nitrogens with zero attached hydrogens (tertiary/aromatic N) is 2. The molecule has 2 heterocycles. The van der Waals surface area contributed by atoms with Gasteiger partial charge in [-0.2, -0.15) is 0 Å². The molecule has 0 bridgehead atoms. The van der Waals surface area contributed by atoms with E-state index < -0.39 is 23.3 Å². The van der Waals surface area contributed by atoms with E-state index in [-0.39, 0.29) is 16.9 Å². The summed E-state index contributed by atoms with van der Waals surface area (Å²) in [5, 5.41) is 23.9. The average molecular weight is 348 g/mol. The van der Waals surface area contributed by atoms with Gasteiger partial charge in [-0.3, -0.25) is 10.1 Å². The largest absolute Gasteiger partial charge is 0.478 e. The first-order valence-corrected chi connectivity index (χ1v) is 7.75. The van der Waals surface area contributed by atoms with Crippen LogP contribution < -0.4 is 0 Å². The summed E-state index contributed by atoms with van der Waals surface area (Å²) in [5.74, 6) is -1.20. The second-order valence-corrected chi connectivity index (χ2v) is 5.58. The van der Waals surface area contributed by atoms with Crippen molar-refractivity contribution < 1.29 is 28.8 Å². The number of hydrogen-bond acceptors (Lipinski definition) is 7. The van der Waals surface area contributed by atoms with Gasteiger partial charge in [0, 0.05) is 18.7 Å². The van der Waals surface area contributed by atoms with Gasteiger partial charge in [0.25, 0.3) is 5.69 Å². The molecule has 0 unspecified atom stereocenters. The van der Waals surface area contributed by atoms with E-state index >= 15 is 0 Å². The predicted octanol–water partition coefficient (Wildman–Crippen LogP) is 2.91. The number of carboxylic acid groups (broad SMARTS) is 1. The Balaban J connectivity index is 1.94. The second kappa shape index (κ2) is 7.41. The summed E-state index contributed by atoms with van der Waals surface area (Å²) in [7, 11) is 0. The number of ether oxygens (including phenoxy) is 2. The molecular formula is C16H16N2O7. The van der Waals surface area contributed by atoms with Gasteiger partial charge in [-0.25, -0.2) is 4.79 Å². The molecule has 1 aliphatic heterocycles. The van der Waals surface area contributed by atoms with Crippen molar-refractivity contribution in [3.63, 3.8) is 0 Å². The van der Waals surface area contributed by atoms with Gasteiger partial charge in [-0.15, -0.1) is 0 Å². The summed E-state index contributed by atoms with van der Waals surface area (Å²) in [6.45, 7) is 0.558. The molecule has 0 saturated carbocycles. The maximum Gasteiger partial charge on any atom is 0.341 e. The Hall–Kier alpha value is -2.78. The van der Waals surface area contributed by atoms with Gasteiger partial charge in [0.15, 0.2) is 6.29 Å². The molecule has 1 saturated heterocycles. The molecular weight excluding hydrogens is 332 g/mol. The van der Waals surface area contributed by atoms with E-state index in [1.807, 2.05) is 0 Å². The molecule has 9 nitrogen and oxygen atoms in total. The Morgan fingerprint density at radius 3 is 2.72 bits per heavy atom. The molecule has 1 fully saturated rings. The third kappa shape index (κ3) is 3.83. The molecule has 25 heavy (non-hydrogen) atoms. The third-order valence-corrected chi connectivity index (χ3v) is 3.91. The number of non-ortho nitro benzene ring substituents is 1. The fraction of sp³-hybridized carbons (Fsp3) is 0.375. The summed E-state index contributed by atoms with van der Waals surface area (Å²) in [6, 6.07) is 5.67. The molecule has 1 N–H and O–H groups in total. The van der Waals surface area contributed by atoms with Gasteiger partial charge in [0.2, 0.25) is 0 Å². The summed E-state index contributed by atoms with van der Waals surface area (Å²) < 4.78 is 16.3. The fourth-order valence-electron chi connectivity index (χ4n) is 2.64. The summed E-state index contributed by atoms with van der Waals surface area (Å²) in [4.78, 5) is 21.7. The Kier molecular flexibility index (Phi) is 5.05. The van der Waals surface area contributed by atoms with Crippen molar-refractivity contribution in [2.24, 2.45) is 0 Å². The van der Waals surface area contributed by atoms with E-state index in [1.165, 1.54) is 24.3 Å². The second-order valence-electron chi connectivity index (χ2n) is 5.58. The molecule has 9 heteroatoms. The zero-order valence-electron chi connectivity index (χ0n) is 13.2. The third-order valence-electron chi connectivity index (χ3n) is 3.91. The summed E-state index contributed by atoms with van der Waals surface area (Å²) in [5.41, 5.74) is 0.417. The van der Waals surface area contributed by atoms with Crippen molar-refractivity contribution in [3.05, 3.63) is 57.5 Å². The lowest BCUT2D eigenvalue weighted by atomic mass is 10.0. The van der Waals surface area contributed by atoms with Crippen LogP contribution in [0.5, 0.6) is 0 Å². The number of nitro groups is 1. The average Bonchev–Trinajstić information content (AvgIpc) is 3.10. The number of aromatic nitrogens is 1. The lowest BCUT2D eigenvalue weighted by Gasteiger charge is -2.27. The zero-order chi connectivity index (χ0) is 17.8. The van der Waals surface area contributed by atoms with Gasteiger partial charge in [0.1, 0.15) is 23.6 Å². The number of nitro benzene ring substituents is 1. The number of rotatable bonds is 6. The Morgan fingerprint density at radius 2 is 2.12 bits per heavy atom. The highest BCUT2D eigenvalue weighted by molar-refractivity contribution is 5.88. The van der Waals surface area contributed by atoms with Crippen LogP contribution >= 0.6 is 0 Å². The van der Waals surface area contributed by atoms with Crippen LogP contribution in [0.4, 0.5) is 5.69 Å². The van der Waals surface area contributed by atoms with E-state index in [0.29, 0.717) is 18.6 Å². The van der Waals surface area contributed by atoms with Gasteiger partial charge >= 0.3 is 5.97 Å². The molecule has 2 atom stereocenters. The molecule has 1 aromatic heterocycles. The van der Waals surface area contributed by atoms with Crippen molar-refractivity contribution in [1.82, 2.24) is 5.16 Å². The Morgan fingerprint density at radius 1 is 1.36 bits per heavy atom. The minimum Gasteiger partial charge on any atom is -0.478 e. The van der Waals surface area contributed by atoms with E-state index in [2.05, 4.69) is 5.16 Å². The highest BCUT2D eigenvalue weighted by Crippen LogP contribution is 2.32. The van der Waals surface area contributed by atoms with Crippen molar-refractivity contribution in [1.29, 1.82) is 0 Å². The van der Waals surface area contributed by atoms with Gasteiger partial charge < -0.3 is 19.1 Å². The van der Waals surface area contributed by atoms with E-state index in [4.69, 9.17) is 14.0 Å². The minimum absolute atomic E-state index is 0.0740. The Bertz CT molecular complexity index is 750. The molecule has 1 aromatic carbocycles. The van der Waals surface area contributed by atoms with Crippen LogP contribution in [0.15, 0.2) is 35.1 Å². The lowest BCUT2D eigenvalue weighted by molar-refractivity contribution is -0.384. The zero-order valence-corrected chi connectivity index (χ0v) is 13.2. The van der Waals surface area contributed by atoms with E-state index in [9.17, 15) is 20.0 Å². The first-order valence-electron chi connectivity index (χ1n) is 7.75. The van der Waals surface area contributed by atoms with Gasteiger partial charge in [-0.05, 0) is 37.0 Å². The molecule has 3 rings (SSSR count). The molecule has 0 aliphatic carbocycles. The van der Waals surface area contributed by atoms with Crippen molar-refractivity contribution in [2.45, 2.75) is 31.7 Å². The quantitative estimate of drug-likeness (QED) is 0.624. The Labute approximate surface area is 142 Å². The number of carbonyl (C=O) groups is 1. The minimum atomic E-state index is -1.20. The van der Waals surface area contributed by atoms with Crippen LogP contribution in [0.2, 0.25) is 0 Å². The maximum atomic E-state index is 11.4. The van der Waals surface area contributed by atoms with Gasteiger partial charge in [0.05, 0.1) is 4.92 Å². The van der Waals surface area contributed by atoms with Crippen molar-refractivity contribution in [3.8, 4) is 0 Å². The SMILES string of the molecule is O=C(O)c1conc1[C@H](O[C@H]1CCCCO1)c1ccc([N+](=O)[O-])cc1. The number of hydrogen-bond donors (Lipinski definition) is 1. The predicted molar refractivity (Wildman–Crippen MR) is 83.1 cm³/mol. The number of carboxylic acids is 1. The molecule has 0 spiro atoms. The first-order chi connectivity index (χ1) is 12.1. The van der Waals surface area contributed by atoms with Crippen LogP contribution in [0.25, 0.3) is 0 Å². The summed E-state index contributed by atoms with van der Waals surface area (Å²) >= 11 is 0. The van der Waals surface area contributed by atoms with Crippen LogP contribution in [0.1, 0.15) is 47.0 Å². The number of aromatic carboxylic acids is 1. The molecule has 0 amide bonds. The smallest absolute Gasteiger partial charge is 0.341 e. The molecule has 0 radical (unpaired) electrons. The van der Waals surface area contributed by atoms with Crippen molar-refractivity contribution in [2.75, 3.05) is 6.61 Å². The van der Waals surface area contributed by atoms with Crippen LogP contribution in [-0.4, -0.2) is 34.1 Å². The topological polar surface area (TPSA) is 125 Å². The first kappa shape index (κ1) is 17.1. The van der Waals surface area contributed by atoms with E-state index in [0.717, 1.165) is 19.1 Å². The number of benzene rings is 1. The van der Waals surface area contributed by atoms with Crippen LogP contribution in [-0.2, 0) is 9.47 Å². The highest BCUT2D eigenvalue weighted by Gasteiger charge is 2.29. The van der Waals surface area contributed by atoms with Crippen LogP contribution in [0.3, 0.4) is 0 Å². The van der Waals surface area contributed by atoms with E-state index in [1.54, 1.807) is 0 Å².